The van der Waals surface area contributed by atoms with Gasteiger partial charge in [-0.15, -0.1) is 0 Å². The van der Waals surface area contributed by atoms with Crippen LogP contribution in [0.3, 0.4) is 0 Å². The number of hydrogen-bond donors (Lipinski definition) is 2. The Balaban J connectivity index is 1.65. The summed E-state index contributed by atoms with van der Waals surface area (Å²) in [6.07, 6.45) is 0. The molecular weight excluding hydrogens is 334 g/mol. The Morgan fingerprint density at radius 3 is 1.88 bits per heavy atom. The molecule has 0 atom stereocenters. The van der Waals surface area contributed by atoms with Gasteiger partial charge in [0, 0.05) is 6.54 Å². The van der Waals surface area contributed by atoms with Gasteiger partial charge in [-0.3, -0.25) is 0 Å². The fourth-order valence-corrected chi connectivity index (χ4v) is 3.63. The number of phenols is 1. The lowest BCUT2D eigenvalue weighted by molar-refractivity contribution is 0.475. The van der Waals surface area contributed by atoms with Gasteiger partial charge in [0.25, 0.3) is 0 Å². The first kappa shape index (κ1) is 17.2. The average molecular weight is 353 g/mol. The Morgan fingerprint density at radius 2 is 1.28 bits per heavy atom. The Morgan fingerprint density at radius 1 is 0.720 bits per heavy atom. The van der Waals surface area contributed by atoms with E-state index in [9.17, 15) is 13.5 Å². The molecule has 4 nitrogen and oxygen atoms in total. The average Bonchev–Trinajstić information content (AvgIpc) is 2.62. The van der Waals surface area contributed by atoms with E-state index in [1.807, 2.05) is 66.7 Å². The molecule has 0 fully saturated rings. The minimum Gasteiger partial charge on any atom is -0.508 e. The Bertz CT molecular complexity index is 919. The van der Waals surface area contributed by atoms with E-state index < -0.39 is 10.0 Å². The highest BCUT2D eigenvalue weighted by Crippen LogP contribution is 2.22. The number of rotatable bonds is 6. The van der Waals surface area contributed by atoms with Crippen LogP contribution in [0.25, 0.3) is 11.1 Å². The molecule has 0 unspecified atom stereocenters. The molecule has 0 saturated carbocycles. The number of nitrogens with one attached hydrogen (secondary N) is 1. The first-order valence-electron chi connectivity index (χ1n) is 7.91. The topological polar surface area (TPSA) is 66.4 Å². The van der Waals surface area contributed by atoms with Gasteiger partial charge in [0.1, 0.15) is 5.75 Å². The molecule has 0 aliphatic rings. The molecule has 2 N–H and O–H groups in total. The van der Waals surface area contributed by atoms with Gasteiger partial charge in [-0.1, -0.05) is 66.7 Å². The minimum atomic E-state index is -3.40. The maximum Gasteiger partial charge on any atom is 0.216 e. The van der Waals surface area contributed by atoms with E-state index >= 15 is 0 Å². The maximum atomic E-state index is 12.2. The summed E-state index contributed by atoms with van der Waals surface area (Å²) < 4.78 is 27.1. The van der Waals surface area contributed by atoms with Crippen molar-refractivity contribution in [3.8, 4) is 16.9 Å². The molecule has 0 amide bonds. The zero-order valence-electron chi connectivity index (χ0n) is 13.6. The summed E-state index contributed by atoms with van der Waals surface area (Å²) in [6, 6.07) is 23.7. The van der Waals surface area contributed by atoms with Gasteiger partial charge in [0.2, 0.25) is 10.0 Å². The summed E-state index contributed by atoms with van der Waals surface area (Å²) in [5.74, 6) is 0.159. The Kier molecular flexibility index (Phi) is 5.16. The van der Waals surface area contributed by atoms with E-state index in [-0.39, 0.29) is 18.0 Å². The van der Waals surface area contributed by atoms with Gasteiger partial charge in [0.05, 0.1) is 5.75 Å². The van der Waals surface area contributed by atoms with Gasteiger partial charge < -0.3 is 5.11 Å². The summed E-state index contributed by atoms with van der Waals surface area (Å²) in [7, 11) is -3.40. The van der Waals surface area contributed by atoms with Gasteiger partial charge in [-0.2, -0.15) is 0 Å². The third-order valence-electron chi connectivity index (χ3n) is 3.85. The fraction of sp³-hybridized carbons (Fsp3) is 0.100. The maximum absolute atomic E-state index is 12.2. The number of benzene rings is 3. The molecule has 25 heavy (non-hydrogen) atoms. The number of sulfonamides is 1. The van der Waals surface area contributed by atoms with Gasteiger partial charge in [-0.05, 0) is 34.4 Å². The van der Waals surface area contributed by atoms with Crippen LogP contribution in [0.2, 0.25) is 0 Å². The summed E-state index contributed by atoms with van der Waals surface area (Å²) in [5, 5.41) is 9.33. The summed E-state index contributed by atoms with van der Waals surface area (Å²) in [4.78, 5) is 0. The molecule has 128 valence electrons. The molecule has 0 saturated heterocycles. The Labute approximate surface area is 147 Å². The zero-order chi connectivity index (χ0) is 17.7. The Hall–Kier alpha value is -2.63. The van der Waals surface area contributed by atoms with Crippen molar-refractivity contribution >= 4 is 10.0 Å². The first-order valence-corrected chi connectivity index (χ1v) is 9.57. The van der Waals surface area contributed by atoms with Crippen LogP contribution in [0.15, 0.2) is 78.9 Å². The van der Waals surface area contributed by atoms with Crippen molar-refractivity contribution in [2.75, 3.05) is 0 Å². The molecule has 0 bridgehead atoms. The van der Waals surface area contributed by atoms with Crippen molar-refractivity contribution in [1.29, 1.82) is 0 Å². The number of phenolic OH excluding ortho intramolecular Hbond substituents is 1. The van der Waals surface area contributed by atoms with Gasteiger partial charge >= 0.3 is 0 Å². The monoisotopic (exact) mass is 353 g/mol. The lowest BCUT2D eigenvalue weighted by Gasteiger charge is -2.08. The summed E-state index contributed by atoms with van der Waals surface area (Å²) in [6.45, 7) is 0.286. The fourth-order valence-electron chi connectivity index (χ4n) is 2.51. The summed E-state index contributed by atoms with van der Waals surface area (Å²) in [5.41, 5.74) is 3.59. The predicted octanol–water partition coefficient (Wildman–Crippen LogP) is 3.68. The molecule has 0 spiro atoms. The quantitative estimate of drug-likeness (QED) is 0.710. The van der Waals surface area contributed by atoms with Crippen LogP contribution in [0.5, 0.6) is 5.75 Å². The number of aromatic hydroxyl groups is 1. The molecule has 3 aromatic rings. The standard InChI is InChI=1S/C20H19NO3S/c22-20-12-10-19(11-13-20)18-8-6-17(7-9-18)15-25(23,24)21-14-16-4-2-1-3-5-16/h1-13,21-22H,14-15H2. The third kappa shape index (κ3) is 4.92. The third-order valence-corrected chi connectivity index (χ3v) is 5.15. The van der Waals surface area contributed by atoms with Gasteiger partial charge in [-0.25, -0.2) is 13.1 Å². The molecule has 0 aliphatic carbocycles. The molecule has 0 radical (unpaired) electrons. The zero-order valence-corrected chi connectivity index (χ0v) is 14.4. The second-order valence-electron chi connectivity index (χ2n) is 5.81. The van der Waals surface area contributed by atoms with Crippen molar-refractivity contribution in [3.05, 3.63) is 90.0 Å². The molecule has 0 aromatic heterocycles. The van der Waals surface area contributed by atoms with Crippen LogP contribution in [-0.2, 0) is 22.3 Å². The van der Waals surface area contributed by atoms with Crippen LogP contribution in [0.1, 0.15) is 11.1 Å². The minimum absolute atomic E-state index is 0.0598. The van der Waals surface area contributed by atoms with Crippen LogP contribution < -0.4 is 4.72 Å². The van der Waals surface area contributed by atoms with E-state index in [4.69, 9.17) is 0 Å². The predicted molar refractivity (Wildman–Crippen MR) is 99.4 cm³/mol. The molecule has 0 heterocycles. The smallest absolute Gasteiger partial charge is 0.216 e. The molecular formula is C20H19NO3S. The molecule has 3 aromatic carbocycles. The lowest BCUT2D eigenvalue weighted by atomic mass is 10.0. The lowest BCUT2D eigenvalue weighted by Crippen LogP contribution is -2.24. The van der Waals surface area contributed by atoms with Crippen molar-refractivity contribution in [1.82, 2.24) is 4.72 Å². The van der Waals surface area contributed by atoms with E-state index in [0.717, 1.165) is 22.3 Å². The SMILES string of the molecule is O=S(=O)(Cc1ccc(-c2ccc(O)cc2)cc1)NCc1ccccc1. The van der Waals surface area contributed by atoms with Crippen molar-refractivity contribution in [3.63, 3.8) is 0 Å². The van der Waals surface area contributed by atoms with E-state index in [1.165, 1.54) is 0 Å². The van der Waals surface area contributed by atoms with Crippen LogP contribution in [-0.4, -0.2) is 13.5 Å². The number of hydrogen-bond acceptors (Lipinski definition) is 3. The van der Waals surface area contributed by atoms with Crippen molar-refractivity contribution in [2.24, 2.45) is 0 Å². The van der Waals surface area contributed by atoms with Crippen LogP contribution >= 0.6 is 0 Å². The van der Waals surface area contributed by atoms with E-state index in [1.54, 1.807) is 12.1 Å². The van der Waals surface area contributed by atoms with Crippen molar-refractivity contribution < 1.29 is 13.5 Å². The van der Waals surface area contributed by atoms with Crippen LogP contribution in [0.4, 0.5) is 0 Å². The van der Waals surface area contributed by atoms with E-state index in [2.05, 4.69) is 4.72 Å². The highest BCUT2D eigenvalue weighted by Gasteiger charge is 2.11. The van der Waals surface area contributed by atoms with Crippen LogP contribution in [0, 0.1) is 0 Å². The molecule has 0 aliphatic heterocycles. The van der Waals surface area contributed by atoms with E-state index in [0.29, 0.717) is 0 Å². The highest BCUT2D eigenvalue weighted by molar-refractivity contribution is 7.88. The second-order valence-corrected chi connectivity index (χ2v) is 7.62. The molecule has 3 rings (SSSR count). The second kappa shape index (κ2) is 7.51. The summed E-state index contributed by atoms with van der Waals surface area (Å²) >= 11 is 0. The normalized spacial score (nSPS) is 11.4. The highest BCUT2D eigenvalue weighted by atomic mass is 32.2. The first-order chi connectivity index (χ1) is 12.0. The molecule has 5 heteroatoms. The van der Waals surface area contributed by atoms with Crippen molar-refractivity contribution in [2.45, 2.75) is 12.3 Å². The van der Waals surface area contributed by atoms with Gasteiger partial charge in [0.15, 0.2) is 0 Å². The largest absolute Gasteiger partial charge is 0.508 e.